The Bertz CT molecular complexity index is 3270. The smallest absolute Gasteiger partial charge is 0.227 e. The molecular weight excluding hydrogens is 735 g/mol. The van der Waals surface area contributed by atoms with E-state index in [-0.39, 0.29) is 0 Å². The van der Waals surface area contributed by atoms with Crippen LogP contribution in [-0.2, 0) is 0 Å². The number of oxazole rings is 1. The van der Waals surface area contributed by atoms with Crippen molar-refractivity contribution in [1.82, 2.24) is 4.98 Å². The Balaban J connectivity index is 1.23. The van der Waals surface area contributed by atoms with Crippen LogP contribution in [0.2, 0.25) is 0 Å². The maximum absolute atomic E-state index is 6.85. The van der Waals surface area contributed by atoms with Crippen molar-refractivity contribution < 1.29 is 8.83 Å². The van der Waals surface area contributed by atoms with Crippen LogP contribution < -0.4 is 9.80 Å². The maximum atomic E-state index is 6.85. The van der Waals surface area contributed by atoms with Crippen LogP contribution in [0.3, 0.4) is 0 Å². The van der Waals surface area contributed by atoms with E-state index in [1.54, 1.807) is 0 Å². The van der Waals surface area contributed by atoms with E-state index in [1.165, 1.54) is 0 Å². The molecule has 0 spiro atoms. The summed E-state index contributed by atoms with van der Waals surface area (Å²) in [7, 11) is 0. The first-order chi connectivity index (χ1) is 29.8. The first-order valence-corrected chi connectivity index (χ1v) is 20.1. The van der Waals surface area contributed by atoms with Crippen LogP contribution in [0.5, 0.6) is 0 Å². The SMILES string of the molecule is c1ccc(-c2nc3c(N(c4ccc5oc6ccccc6c5c4)c4ccccc4-c4ccccc4)cc(N(c4ccccc4)c4ccccc4-c4ccccc4)cc3o2)cc1. The van der Waals surface area contributed by atoms with Gasteiger partial charge in [0.05, 0.1) is 22.7 Å². The standard InChI is InChI=1S/C55H37N3O2/c1-5-19-38(20-6-1)44-27-13-16-30-48(44)57(41-25-11-4-12-26-41)43-36-50(54-53(37-43)60-55(56-54)40-23-9-3-10-24-40)58(49-31-17-14-28-45(49)39-21-7-2-8-22-39)42-33-34-52-47(35-42)46-29-15-18-32-51(46)59-52/h1-37H. The summed E-state index contributed by atoms with van der Waals surface area (Å²) in [6.45, 7) is 0. The fourth-order valence-corrected chi connectivity index (χ4v) is 8.33. The zero-order chi connectivity index (χ0) is 39.8. The van der Waals surface area contributed by atoms with Gasteiger partial charge in [0, 0.05) is 44.9 Å². The summed E-state index contributed by atoms with van der Waals surface area (Å²) < 4.78 is 13.2. The van der Waals surface area contributed by atoms with E-state index in [4.69, 9.17) is 13.8 Å². The maximum Gasteiger partial charge on any atom is 0.227 e. The molecule has 2 aromatic heterocycles. The number of nitrogens with zero attached hydrogens (tertiary/aromatic N) is 3. The third-order valence-corrected chi connectivity index (χ3v) is 11.1. The molecule has 0 N–H and O–H groups in total. The second kappa shape index (κ2) is 15.0. The van der Waals surface area contributed by atoms with Crippen LogP contribution >= 0.6 is 0 Å². The van der Waals surface area contributed by atoms with Crippen LogP contribution in [0.25, 0.3) is 66.7 Å². The number of rotatable bonds is 9. The molecule has 284 valence electrons. The van der Waals surface area contributed by atoms with Gasteiger partial charge in [-0.25, -0.2) is 4.98 Å². The van der Waals surface area contributed by atoms with Crippen molar-refractivity contribution in [1.29, 1.82) is 0 Å². The molecule has 5 heteroatoms. The minimum atomic E-state index is 0.549. The molecule has 0 amide bonds. The van der Waals surface area contributed by atoms with Gasteiger partial charge in [0.25, 0.3) is 0 Å². The molecule has 0 saturated heterocycles. The average molecular weight is 772 g/mol. The molecule has 0 atom stereocenters. The topological polar surface area (TPSA) is 45.7 Å². The summed E-state index contributed by atoms with van der Waals surface area (Å²) in [6.07, 6.45) is 0. The predicted octanol–water partition coefficient (Wildman–Crippen LogP) is 15.7. The van der Waals surface area contributed by atoms with E-state index in [0.717, 1.165) is 89.4 Å². The molecule has 0 aliphatic carbocycles. The Morgan fingerprint density at radius 1 is 0.317 bits per heavy atom. The van der Waals surface area contributed by atoms with Gasteiger partial charge in [-0.3, -0.25) is 0 Å². The number of benzene rings is 9. The molecule has 11 rings (SSSR count). The molecule has 0 bridgehead atoms. The Labute approximate surface area is 347 Å². The van der Waals surface area contributed by atoms with E-state index in [9.17, 15) is 0 Å². The minimum absolute atomic E-state index is 0.549. The van der Waals surface area contributed by atoms with Gasteiger partial charge < -0.3 is 18.6 Å². The second-order valence-corrected chi connectivity index (χ2v) is 14.7. The van der Waals surface area contributed by atoms with Gasteiger partial charge in [-0.2, -0.15) is 0 Å². The normalized spacial score (nSPS) is 11.3. The van der Waals surface area contributed by atoms with Crippen LogP contribution in [0.15, 0.2) is 233 Å². The number of hydrogen-bond acceptors (Lipinski definition) is 5. The van der Waals surface area contributed by atoms with E-state index in [2.05, 4.69) is 192 Å². The van der Waals surface area contributed by atoms with Crippen molar-refractivity contribution >= 4 is 67.2 Å². The highest BCUT2D eigenvalue weighted by molar-refractivity contribution is 6.08. The van der Waals surface area contributed by atoms with Crippen molar-refractivity contribution in [3.05, 3.63) is 224 Å². The Kier molecular flexibility index (Phi) is 8.75. The Morgan fingerprint density at radius 3 is 1.52 bits per heavy atom. The summed E-state index contributed by atoms with van der Waals surface area (Å²) in [5, 5.41) is 2.09. The zero-order valence-corrected chi connectivity index (χ0v) is 32.5. The molecule has 0 fully saturated rings. The number of fused-ring (bicyclic) bond motifs is 4. The number of hydrogen-bond donors (Lipinski definition) is 0. The van der Waals surface area contributed by atoms with Crippen LogP contribution in [0.4, 0.5) is 34.1 Å². The molecule has 5 nitrogen and oxygen atoms in total. The van der Waals surface area contributed by atoms with Crippen molar-refractivity contribution in [3.63, 3.8) is 0 Å². The van der Waals surface area contributed by atoms with Crippen LogP contribution in [-0.4, -0.2) is 4.98 Å². The molecule has 0 radical (unpaired) electrons. The Hall–Kier alpha value is -8.15. The van der Waals surface area contributed by atoms with E-state index >= 15 is 0 Å². The summed E-state index contributed by atoms with van der Waals surface area (Å²) in [6, 6.07) is 78.0. The van der Waals surface area contributed by atoms with E-state index in [1.807, 2.05) is 42.5 Å². The third-order valence-electron chi connectivity index (χ3n) is 11.1. The predicted molar refractivity (Wildman–Crippen MR) is 247 cm³/mol. The number of aromatic nitrogens is 1. The molecule has 0 saturated carbocycles. The molecular formula is C55H37N3O2. The van der Waals surface area contributed by atoms with Crippen LogP contribution in [0, 0.1) is 0 Å². The van der Waals surface area contributed by atoms with E-state index in [0.29, 0.717) is 11.5 Å². The second-order valence-electron chi connectivity index (χ2n) is 14.7. The average Bonchev–Trinajstić information content (AvgIpc) is 3.93. The highest BCUT2D eigenvalue weighted by atomic mass is 16.3. The quantitative estimate of drug-likeness (QED) is 0.146. The summed E-state index contributed by atoms with van der Waals surface area (Å²) in [5.74, 6) is 0.549. The number of furan rings is 1. The fraction of sp³-hybridized carbons (Fsp3) is 0. The van der Waals surface area contributed by atoms with Gasteiger partial charge in [-0.1, -0.05) is 152 Å². The number of anilines is 6. The van der Waals surface area contributed by atoms with Gasteiger partial charge in [-0.15, -0.1) is 0 Å². The van der Waals surface area contributed by atoms with E-state index < -0.39 is 0 Å². The van der Waals surface area contributed by atoms with Crippen molar-refractivity contribution in [2.75, 3.05) is 9.80 Å². The minimum Gasteiger partial charge on any atom is -0.456 e. The zero-order valence-electron chi connectivity index (χ0n) is 32.5. The summed E-state index contributed by atoms with van der Waals surface area (Å²) in [5.41, 5.74) is 14.2. The molecule has 0 aliphatic heterocycles. The lowest BCUT2D eigenvalue weighted by Gasteiger charge is -2.31. The molecule has 9 aromatic carbocycles. The molecule has 0 aliphatic rings. The molecule has 0 unspecified atom stereocenters. The molecule has 11 aromatic rings. The van der Waals surface area contributed by atoms with Crippen molar-refractivity contribution in [3.8, 4) is 33.7 Å². The van der Waals surface area contributed by atoms with Gasteiger partial charge in [0.1, 0.15) is 16.7 Å². The van der Waals surface area contributed by atoms with Crippen molar-refractivity contribution in [2.24, 2.45) is 0 Å². The molecule has 2 heterocycles. The van der Waals surface area contributed by atoms with Crippen LogP contribution in [0.1, 0.15) is 0 Å². The summed E-state index contributed by atoms with van der Waals surface area (Å²) >= 11 is 0. The fourth-order valence-electron chi connectivity index (χ4n) is 8.33. The number of para-hydroxylation sites is 4. The van der Waals surface area contributed by atoms with Gasteiger partial charge in [0.2, 0.25) is 5.89 Å². The first kappa shape index (κ1) is 35.0. The summed E-state index contributed by atoms with van der Waals surface area (Å²) in [4.78, 5) is 9.98. The lowest BCUT2D eigenvalue weighted by Crippen LogP contribution is -2.15. The third kappa shape index (κ3) is 6.26. The van der Waals surface area contributed by atoms with Gasteiger partial charge in [-0.05, 0) is 77.9 Å². The van der Waals surface area contributed by atoms with Gasteiger partial charge >= 0.3 is 0 Å². The highest BCUT2D eigenvalue weighted by Gasteiger charge is 2.27. The highest BCUT2D eigenvalue weighted by Crippen LogP contribution is 2.49. The molecule has 60 heavy (non-hydrogen) atoms. The Morgan fingerprint density at radius 2 is 0.850 bits per heavy atom. The lowest BCUT2D eigenvalue weighted by molar-refractivity contribution is 0.620. The van der Waals surface area contributed by atoms with Gasteiger partial charge in [0.15, 0.2) is 5.58 Å². The first-order valence-electron chi connectivity index (χ1n) is 20.1. The van der Waals surface area contributed by atoms with Crippen molar-refractivity contribution in [2.45, 2.75) is 0 Å². The largest absolute Gasteiger partial charge is 0.456 e. The lowest BCUT2D eigenvalue weighted by atomic mass is 10.0. The monoisotopic (exact) mass is 771 g/mol.